The molecule has 0 radical (unpaired) electrons. The summed E-state index contributed by atoms with van der Waals surface area (Å²) in [5.74, 6) is -3.72. The number of amides is 2. The molecule has 2 amide bonds. The molecule has 4 aromatic rings. The van der Waals surface area contributed by atoms with Gasteiger partial charge in [0.1, 0.15) is 17.6 Å². The van der Waals surface area contributed by atoms with E-state index in [2.05, 4.69) is 10.6 Å². The quantitative estimate of drug-likeness (QED) is 0.166. The molecule has 10 heteroatoms. The highest BCUT2D eigenvalue weighted by molar-refractivity contribution is 6.06. The number of hydrogen-bond acceptors (Lipinski definition) is 3. The lowest BCUT2D eigenvalue weighted by Crippen LogP contribution is -2.45. The molecule has 4 aromatic carbocycles. The molecule has 0 saturated heterocycles. The predicted molar refractivity (Wildman–Crippen MR) is 148 cm³/mol. The SMILES string of the molecule is O=C(NC(Cc1ccc(F)cc1)C(=O)O)/C(=C\c1cccc(C(F)(F)F)c1)NC(=O)c1ccc(-c2ccccc2)cc1. The summed E-state index contributed by atoms with van der Waals surface area (Å²) in [7, 11) is 0. The normalized spacial score (nSPS) is 12.3. The Morgan fingerprint density at radius 2 is 1.45 bits per heavy atom. The maximum atomic E-state index is 13.3. The van der Waals surface area contributed by atoms with Crippen LogP contribution in [0.1, 0.15) is 27.0 Å². The third-order valence-electron chi connectivity index (χ3n) is 6.23. The second-order valence-electron chi connectivity index (χ2n) is 9.27. The van der Waals surface area contributed by atoms with Crippen molar-refractivity contribution in [2.24, 2.45) is 0 Å². The first-order valence-corrected chi connectivity index (χ1v) is 12.6. The van der Waals surface area contributed by atoms with Crippen LogP contribution in [0.5, 0.6) is 0 Å². The molecular weight excluding hydrogens is 552 g/mol. The molecule has 0 fully saturated rings. The molecule has 0 aliphatic carbocycles. The number of nitrogens with one attached hydrogen (secondary N) is 2. The lowest BCUT2D eigenvalue weighted by Gasteiger charge is -2.17. The zero-order valence-electron chi connectivity index (χ0n) is 21.9. The van der Waals surface area contributed by atoms with Gasteiger partial charge in [-0.1, -0.05) is 66.7 Å². The zero-order valence-corrected chi connectivity index (χ0v) is 21.9. The number of carboxylic acid groups (broad SMARTS) is 1. The summed E-state index contributed by atoms with van der Waals surface area (Å²) in [6.07, 6.45) is -3.84. The minimum Gasteiger partial charge on any atom is -0.480 e. The van der Waals surface area contributed by atoms with Crippen molar-refractivity contribution in [3.8, 4) is 11.1 Å². The van der Waals surface area contributed by atoms with Crippen LogP contribution in [0.3, 0.4) is 0 Å². The van der Waals surface area contributed by atoms with Crippen molar-refractivity contribution in [1.82, 2.24) is 10.6 Å². The van der Waals surface area contributed by atoms with E-state index in [-0.39, 0.29) is 17.5 Å². The van der Waals surface area contributed by atoms with Gasteiger partial charge in [-0.2, -0.15) is 13.2 Å². The van der Waals surface area contributed by atoms with Gasteiger partial charge < -0.3 is 15.7 Å². The minimum absolute atomic E-state index is 0.0555. The fourth-order valence-corrected chi connectivity index (χ4v) is 4.06. The highest BCUT2D eigenvalue weighted by atomic mass is 19.4. The van der Waals surface area contributed by atoms with Gasteiger partial charge in [-0.15, -0.1) is 0 Å². The Bertz CT molecular complexity index is 1600. The van der Waals surface area contributed by atoms with Gasteiger partial charge in [0.15, 0.2) is 0 Å². The van der Waals surface area contributed by atoms with E-state index >= 15 is 0 Å². The van der Waals surface area contributed by atoms with E-state index in [9.17, 15) is 37.1 Å². The molecule has 0 aliphatic rings. The van der Waals surface area contributed by atoms with Crippen molar-refractivity contribution < 1.29 is 37.1 Å². The zero-order chi connectivity index (χ0) is 30.3. The number of rotatable bonds is 9. The van der Waals surface area contributed by atoms with Crippen molar-refractivity contribution in [2.45, 2.75) is 18.6 Å². The monoisotopic (exact) mass is 576 g/mol. The summed E-state index contributed by atoms with van der Waals surface area (Å²) in [4.78, 5) is 38.3. The third-order valence-corrected chi connectivity index (χ3v) is 6.23. The molecule has 6 nitrogen and oxygen atoms in total. The molecule has 3 N–H and O–H groups in total. The Labute approximate surface area is 238 Å². The van der Waals surface area contributed by atoms with E-state index in [1.807, 2.05) is 30.3 Å². The number of aliphatic carboxylic acids is 1. The third kappa shape index (κ3) is 7.91. The number of benzene rings is 4. The number of carboxylic acids is 1. The van der Waals surface area contributed by atoms with Gasteiger partial charge in [-0.05, 0) is 64.7 Å². The molecule has 0 spiro atoms. The summed E-state index contributed by atoms with van der Waals surface area (Å²) in [5.41, 5.74) is 0.800. The molecule has 1 atom stereocenters. The first-order valence-electron chi connectivity index (χ1n) is 12.6. The summed E-state index contributed by atoms with van der Waals surface area (Å²) in [6.45, 7) is 0. The standard InChI is InChI=1S/C32H24F4N2O4/c33-26-15-9-20(10-16-26)18-28(31(41)42)38-30(40)27(19-21-5-4-8-25(17-21)32(34,35)36)37-29(39)24-13-11-23(12-14-24)22-6-2-1-3-7-22/h1-17,19,28H,18H2,(H,37,39)(H,38,40)(H,41,42)/b27-19+. The van der Waals surface area contributed by atoms with Gasteiger partial charge >= 0.3 is 12.1 Å². The minimum atomic E-state index is -4.65. The van der Waals surface area contributed by atoms with Crippen LogP contribution in [0, 0.1) is 5.82 Å². The lowest BCUT2D eigenvalue weighted by atomic mass is 10.0. The van der Waals surface area contributed by atoms with E-state index in [1.54, 1.807) is 12.1 Å². The second kappa shape index (κ2) is 12.9. The van der Waals surface area contributed by atoms with Gasteiger partial charge in [0.2, 0.25) is 0 Å². The van der Waals surface area contributed by atoms with Crippen molar-refractivity contribution in [3.05, 3.63) is 137 Å². The van der Waals surface area contributed by atoms with Gasteiger partial charge in [0.25, 0.3) is 11.8 Å². The average Bonchev–Trinajstić information content (AvgIpc) is 2.97. The van der Waals surface area contributed by atoms with Crippen molar-refractivity contribution >= 4 is 23.9 Å². The Hall–Kier alpha value is -5.25. The maximum absolute atomic E-state index is 13.3. The average molecular weight is 577 g/mol. The fourth-order valence-electron chi connectivity index (χ4n) is 4.06. The number of carbonyl (C=O) groups excluding carboxylic acids is 2. The smallest absolute Gasteiger partial charge is 0.416 e. The van der Waals surface area contributed by atoms with E-state index in [0.29, 0.717) is 5.56 Å². The Balaban J connectivity index is 1.62. The van der Waals surface area contributed by atoms with E-state index in [0.717, 1.165) is 47.5 Å². The molecule has 0 bridgehead atoms. The maximum Gasteiger partial charge on any atom is 0.416 e. The van der Waals surface area contributed by atoms with Gasteiger partial charge in [-0.25, -0.2) is 9.18 Å². The molecule has 0 saturated carbocycles. The predicted octanol–water partition coefficient (Wildman–Crippen LogP) is 6.09. The van der Waals surface area contributed by atoms with Crippen LogP contribution in [0.2, 0.25) is 0 Å². The molecule has 1 unspecified atom stereocenters. The summed E-state index contributed by atoms with van der Waals surface area (Å²) in [5, 5.41) is 14.4. The van der Waals surface area contributed by atoms with Gasteiger partial charge in [0.05, 0.1) is 5.56 Å². The van der Waals surface area contributed by atoms with Crippen LogP contribution in [-0.2, 0) is 22.2 Å². The molecule has 42 heavy (non-hydrogen) atoms. The number of hydrogen-bond donors (Lipinski definition) is 3. The van der Waals surface area contributed by atoms with Crippen LogP contribution in [0.15, 0.2) is 109 Å². The van der Waals surface area contributed by atoms with Crippen molar-refractivity contribution in [1.29, 1.82) is 0 Å². The van der Waals surface area contributed by atoms with Gasteiger partial charge in [0, 0.05) is 12.0 Å². The van der Waals surface area contributed by atoms with Crippen LogP contribution in [-0.4, -0.2) is 28.9 Å². The fraction of sp³-hybridized carbons (Fsp3) is 0.0938. The largest absolute Gasteiger partial charge is 0.480 e. The first kappa shape index (κ1) is 29.7. The van der Waals surface area contributed by atoms with Gasteiger partial charge in [-0.3, -0.25) is 9.59 Å². The Morgan fingerprint density at radius 1 is 0.810 bits per heavy atom. The van der Waals surface area contributed by atoms with E-state index in [1.165, 1.54) is 30.3 Å². The second-order valence-corrected chi connectivity index (χ2v) is 9.27. The lowest BCUT2D eigenvalue weighted by molar-refractivity contribution is -0.141. The Morgan fingerprint density at radius 3 is 2.07 bits per heavy atom. The summed E-state index contributed by atoms with van der Waals surface area (Å²) < 4.78 is 53.1. The molecule has 4 rings (SSSR count). The number of halogens is 4. The number of alkyl halides is 3. The molecular formula is C32H24F4N2O4. The van der Waals surface area contributed by atoms with Crippen molar-refractivity contribution in [2.75, 3.05) is 0 Å². The molecule has 0 aromatic heterocycles. The highest BCUT2D eigenvalue weighted by Crippen LogP contribution is 2.30. The molecule has 214 valence electrons. The Kier molecular flexibility index (Phi) is 9.16. The topological polar surface area (TPSA) is 95.5 Å². The van der Waals surface area contributed by atoms with E-state index in [4.69, 9.17) is 0 Å². The van der Waals surface area contributed by atoms with E-state index < -0.39 is 47.1 Å². The van der Waals surface area contributed by atoms with Crippen LogP contribution >= 0.6 is 0 Å². The number of carbonyl (C=O) groups is 3. The molecule has 0 heterocycles. The van der Waals surface area contributed by atoms with Crippen LogP contribution in [0.25, 0.3) is 17.2 Å². The molecule has 0 aliphatic heterocycles. The highest BCUT2D eigenvalue weighted by Gasteiger charge is 2.30. The summed E-state index contributed by atoms with van der Waals surface area (Å²) in [6, 6.07) is 23.4. The summed E-state index contributed by atoms with van der Waals surface area (Å²) >= 11 is 0. The van der Waals surface area contributed by atoms with Crippen LogP contribution in [0.4, 0.5) is 17.6 Å². The van der Waals surface area contributed by atoms with Crippen molar-refractivity contribution in [3.63, 3.8) is 0 Å². The van der Waals surface area contributed by atoms with Crippen LogP contribution < -0.4 is 10.6 Å². The first-order chi connectivity index (χ1) is 20.0.